The second-order valence-corrected chi connectivity index (χ2v) is 6.86. The second-order valence-electron chi connectivity index (χ2n) is 6.07. The van der Waals surface area contributed by atoms with E-state index in [4.69, 9.17) is 42.8 Å². The number of piperidine rings is 1. The largest absolute Gasteiger partial charge is 0.495 e. The number of benzene rings is 1. The summed E-state index contributed by atoms with van der Waals surface area (Å²) in [6, 6.07) is 3.49. The highest BCUT2D eigenvalue weighted by Crippen LogP contribution is 2.36. The molecule has 2 aliphatic heterocycles. The van der Waals surface area contributed by atoms with Gasteiger partial charge in [-0.05, 0) is 18.6 Å². The molecule has 0 bridgehead atoms. The maximum absolute atomic E-state index is 6.14. The maximum atomic E-state index is 6.14. The number of likely N-dealkylation sites (tertiary alicyclic amines) is 1. The Morgan fingerprint density at radius 2 is 1.80 bits per heavy atom. The number of anilines is 1. The Hall–Kier alpha value is -1.28. The molecule has 0 aliphatic carbocycles. The molecular weight excluding hydrogens is 364 g/mol. The summed E-state index contributed by atoms with van der Waals surface area (Å²) in [5.41, 5.74) is 0.721. The first-order valence-electron chi connectivity index (χ1n) is 8.32. The first kappa shape index (κ1) is 18.5. The van der Waals surface area contributed by atoms with Crippen LogP contribution in [0.1, 0.15) is 19.3 Å². The first-order chi connectivity index (χ1) is 12.1. The zero-order chi connectivity index (χ0) is 17.9. The molecule has 0 aromatic heterocycles. The van der Waals surface area contributed by atoms with Gasteiger partial charge in [0.25, 0.3) is 0 Å². The molecule has 0 saturated carbocycles. The van der Waals surface area contributed by atoms with Crippen LogP contribution in [0.5, 0.6) is 11.5 Å². The lowest BCUT2D eigenvalue weighted by Crippen LogP contribution is -2.52. The first-order valence-corrected chi connectivity index (χ1v) is 9.11. The summed E-state index contributed by atoms with van der Waals surface area (Å²) >= 11 is 11.7. The van der Waals surface area contributed by atoms with E-state index in [1.165, 1.54) is 0 Å². The van der Waals surface area contributed by atoms with E-state index < -0.39 is 5.79 Å². The highest BCUT2D eigenvalue weighted by Gasteiger charge is 2.38. The molecule has 25 heavy (non-hydrogen) atoms. The topological polar surface area (TPSA) is 52.2 Å². The van der Waals surface area contributed by atoms with Crippen LogP contribution < -0.4 is 14.8 Å². The van der Waals surface area contributed by atoms with E-state index in [9.17, 15) is 0 Å². The minimum absolute atomic E-state index is 0.425. The van der Waals surface area contributed by atoms with E-state index in [1.54, 1.807) is 26.4 Å². The van der Waals surface area contributed by atoms with Gasteiger partial charge in [-0.2, -0.15) is 0 Å². The van der Waals surface area contributed by atoms with Gasteiger partial charge in [0.1, 0.15) is 11.5 Å². The number of nitrogens with one attached hydrogen (secondary N) is 1. The fourth-order valence-electron chi connectivity index (χ4n) is 3.11. The highest BCUT2D eigenvalue weighted by atomic mass is 35.5. The van der Waals surface area contributed by atoms with Crippen LogP contribution in [0.4, 0.5) is 5.69 Å². The predicted octanol–water partition coefficient (Wildman–Crippen LogP) is 3.28. The lowest BCUT2D eigenvalue weighted by molar-refractivity contribution is -0.281. The number of thiocarbonyl (C=S) groups is 1. The molecule has 1 N–H and O–H groups in total. The monoisotopic (exact) mass is 386 g/mol. The third-order valence-electron chi connectivity index (χ3n) is 4.55. The van der Waals surface area contributed by atoms with Crippen molar-refractivity contribution < 1.29 is 18.9 Å². The Bertz CT molecular complexity index is 627. The molecule has 2 fully saturated rings. The third kappa shape index (κ3) is 4.11. The standard InChI is InChI=1S/C17H23ClN2O4S/c1-21-14-11-13(15(22-2)10-12(14)18)19-16(25)20-6-4-17(5-7-20)23-8-3-9-24-17/h10-11H,3-9H2,1-2H3,(H,19,25). The molecule has 1 aromatic rings. The molecule has 2 heterocycles. The molecule has 0 unspecified atom stereocenters. The number of methoxy groups -OCH3 is 2. The smallest absolute Gasteiger partial charge is 0.173 e. The molecule has 138 valence electrons. The fourth-order valence-corrected chi connectivity index (χ4v) is 3.63. The highest BCUT2D eigenvalue weighted by molar-refractivity contribution is 7.80. The molecule has 8 heteroatoms. The van der Waals surface area contributed by atoms with E-state index in [-0.39, 0.29) is 0 Å². The Morgan fingerprint density at radius 1 is 1.16 bits per heavy atom. The van der Waals surface area contributed by atoms with Crippen LogP contribution in [-0.2, 0) is 9.47 Å². The van der Waals surface area contributed by atoms with Gasteiger partial charge < -0.3 is 29.2 Å². The molecular formula is C17H23ClN2O4S. The van der Waals surface area contributed by atoms with Crippen molar-refractivity contribution >= 4 is 34.6 Å². The SMILES string of the molecule is COc1cc(NC(=S)N2CCC3(CC2)OCCCO3)c(OC)cc1Cl. The van der Waals surface area contributed by atoms with E-state index in [0.717, 1.165) is 51.3 Å². The van der Waals surface area contributed by atoms with Crippen LogP contribution in [0.3, 0.4) is 0 Å². The normalized spacial score (nSPS) is 19.6. The van der Waals surface area contributed by atoms with E-state index in [2.05, 4.69) is 10.2 Å². The van der Waals surface area contributed by atoms with Crippen LogP contribution in [0.2, 0.25) is 5.02 Å². The van der Waals surface area contributed by atoms with Crippen molar-refractivity contribution in [3.63, 3.8) is 0 Å². The van der Waals surface area contributed by atoms with Gasteiger partial charge in [0.15, 0.2) is 10.9 Å². The van der Waals surface area contributed by atoms with Crippen LogP contribution in [0.15, 0.2) is 12.1 Å². The van der Waals surface area contributed by atoms with Crippen molar-refractivity contribution in [1.82, 2.24) is 4.90 Å². The number of hydrogen-bond acceptors (Lipinski definition) is 5. The summed E-state index contributed by atoms with van der Waals surface area (Å²) in [6.45, 7) is 3.09. The van der Waals surface area contributed by atoms with Gasteiger partial charge in [-0.1, -0.05) is 11.6 Å². The maximum Gasteiger partial charge on any atom is 0.173 e. The van der Waals surface area contributed by atoms with Gasteiger partial charge in [-0.15, -0.1) is 0 Å². The number of halogens is 1. The minimum atomic E-state index is -0.425. The Morgan fingerprint density at radius 3 is 2.40 bits per heavy atom. The molecule has 0 radical (unpaired) electrons. The van der Waals surface area contributed by atoms with Crippen molar-refractivity contribution in [2.75, 3.05) is 45.8 Å². The quantitative estimate of drug-likeness (QED) is 0.800. The Labute approximate surface area is 158 Å². The zero-order valence-corrected chi connectivity index (χ0v) is 16.0. The molecule has 6 nitrogen and oxygen atoms in total. The van der Waals surface area contributed by atoms with E-state index >= 15 is 0 Å². The zero-order valence-electron chi connectivity index (χ0n) is 14.5. The summed E-state index contributed by atoms with van der Waals surface area (Å²) in [6.07, 6.45) is 2.56. The van der Waals surface area contributed by atoms with Crippen molar-refractivity contribution in [2.24, 2.45) is 0 Å². The van der Waals surface area contributed by atoms with E-state index in [0.29, 0.717) is 21.6 Å². The van der Waals surface area contributed by atoms with Gasteiger partial charge >= 0.3 is 0 Å². The van der Waals surface area contributed by atoms with Crippen LogP contribution >= 0.6 is 23.8 Å². The molecule has 2 saturated heterocycles. The summed E-state index contributed by atoms with van der Waals surface area (Å²) < 4.78 is 22.4. The number of rotatable bonds is 3. The Balaban J connectivity index is 1.65. The van der Waals surface area contributed by atoms with Gasteiger partial charge in [-0.3, -0.25) is 0 Å². The van der Waals surface area contributed by atoms with Crippen LogP contribution in [0, 0.1) is 0 Å². The van der Waals surface area contributed by atoms with E-state index in [1.807, 2.05) is 0 Å². The Kier molecular flexibility index (Phi) is 5.89. The van der Waals surface area contributed by atoms with Gasteiger partial charge in [0, 0.05) is 38.1 Å². The summed E-state index contributed by atoms with van der Waals surface area (Å²) in [7, 11) is 3.17. The van der Waals surface area contributed by atoms with Gasteiger partial charge in [0.2, 0.25) is 0 Å². The average Bonchev–Trinajstić information content (AvgIpc) is 2.64. The molecule has 1 aromatic carbocycles. The van der Waals surface area contributed by atoms with Crippen molar-refractivity contribution in [1.29, 1.82) is 0 Å². The summed E-state index contributed by atoms with van der Waals surface area (Å²) in [5.74, 6) is 0.751. The molecule has 2 aliphatic rings. The van der Waals surface area contributed by atoms with Crippen LogP contribution in [0.25, 0.3) is 0 Å². The van der Waals surface area contributed by atoms with Crippen molar-refractivity contribution in [2.45, 2.75) is 25.0 Å². The fraction of sp³-hybridized carbons (Fsp3) is 0.588. The van der Waals surface area contributed by atoms with Crippen molar-refractivity contribution in [3.05, 3.63) is 17.2 Å². The summed E-state index contributed by atoms with van der Waals surface area (Å²) in [4.78, 5) is 2.11. The second kappa shape index (κ2) is 7.95. The van der Waals surface area contributed by atoms with Gasteiger partial charge in [-0.25, -0.2) is 0 Å². The number of nitrogens with zero attached hydrogens (tertiary/aromatic N) is 1. The van der Waals surface area contributed by atoms with Crippen molar-refractivity contribution in [3.8, 4) is 11.5 Å². The molecule has 0 amide bonds. The predicted molar refractivity (Wildman–Crippen MR) is 101 cm³/mol. The molecule has 3 rings (SSSR count). The number of hydrogen-bond donors (Lipinski definition) is 1. The number of ether oxygens (including phenoxy) is 4. The molecule has 0 atom stereocenters. The summed E-state index contributed by atoms with van der Waals surface area (Å²) in [5, 5.41) is 4.36. The lowest BCUT2D eigenvalue weighted by Gasteiger charge is -2.44. The third-order valence-corrected chi connectivity index (χ3v) is 5.20. The lowest BCUT2D eigenvalue weighted by atomic mass is 10.0. The van der Waals surface area contributed by atoms with Crippen LogP contribution in [-0.4, -0.2) is 56.3 Å². The average molecular weight is 387 g/mol. The minimum Gasteiger partial charge on any atom is -0.495 e. The molecule has 1 spiro atoms. The van der Waals surface area contributed by atoms with Gasteiger partial charge in [0.05, 0.1) is 38.1 Å².